The highest BCUT2D eigenvalue weighted by atomic mass is 19.1. The van der Waals surface area contributed by atoms with Crippen LogP contribution in [-0.4, -0.2) is 13.7 Å². The molecule has 0 spiro atoms. The van der Waals surface area contributed by atoms with Crippen molar-refractivity contribution in [1.29, 1.82) is 0 Å². The topological polar surface area (TPSA) is 35.2 Å². The van der Waals surface area contributed by atoms with Gasteiger partial charge in [0.25, 0.3) is 0 Å². The van der Waals surface area contributed by atoms with Crippen LogP contribution in [0.15, 0.2) is 18.2 Å². The van der Waals surface area contributed by atoms with Gasteiger partial charge in [-0.1, -0.05) is 6.07 Å². The van der Waals surface area contributed by atoms with Crippen LogP contribution >= 0.6 is 0 Å². The van der Waals surface area contributed by atoms with E-state index in [0.717, 1.165) is 0 Å². The van der Waals surface area contributed by atoms with Crippen LogP contribution in [0.25, 0.3) is 0 Å². The van der Waals surface area contributed by atoms with Crippen LogP contribution in [0.3, 0.4) is 0 Å². The Hall–Kier alpha value is -1.09. The number of rotatable bonds is 3. The van der Waals surface area contributed by atoms with Gasteiger partial charge in [-0.15, -0.1) is 0 Å². The third-order valence-corrected chi connectivity index (χ3v) is 1.69. The molecule has 0 fully saturated rings. The highest BCUT2D eigenvalue weighted by molar-refractivity contribution is 5.34. The molecule has 0 heterocycles. The van der Waals surface area contributed by atoms with Crippen molar-refractivity contribution in [3.05, 3.63) is 29.6 Å². The van der Waals surface area contributed by atoms with Crippen LogP contribution in [0, 0.1) is 5.82 Å². The van der Waals surface area contributed by atoms with Crippen molar-refractivity contribution in [3.8, 4) is 5.75 Å². The van der Waals surface area contributed by atoms with E-state index in [9.17, 15) is 4.39 Å². The van der Waals surface area contributed by atoms with Gasteiger partial charge in [-0.2, -0.15) is 0 Å². The predicted octanol–water partition coefficient (Wildman–Crippen LogP) is 1.34. The van der Waals surface area contributed by atoms with Crippen molar-refractivity contribution < 1.29 is 9.13 Å². The fourth-order valence-corrected chi connectivity index (χ4v) is 1.12. The maximum absolute atomic E-state index is 13.1. The molecule has 3 heteroatoms. The molecule has 0 radical (unpaired) electrons. The number of hydrogen-bond donors (Lipinski definition) is 1. The molecule has 0 saturated heterocycles. The van der Waals surface area contributed by atoms with E-state index in [0.29, 0.717) is 24.3 Å². The van der Waals surface area contributed by atoms with Crippen LogP contribution in [0.2, 0.25) is 0 Å². The van der Waals surface area contributed by atoms with Crippen molar-refractivity contribution in [2.24, 2.45) is 5.73 Å². The number of nitrogens with two attached hydrogens (primary N) is 1. The van der Waals surface area contributed by atoms with Gasteiger partial charge < -0.3 is 10.5 Å². The number of benzene rings is 1. The zero-order valence-corrected chi connectivity index (χ0v) is 7.01. The summed E-state index contributed by atoms with van der Waals surface area (Å²) in [5.41, 5.74) is 5.89. The lowest BCUT2D eigenvalue weighted by Gasteiger charge is -2.07. The van der Waals surface area contributed by atoms with Gasteiger partial charge in [0, 0.05) is 5.56 Å². The minimum Gasteiger partial charge on any atom is -0.496 e. The molecule has 1 aromatic rings. The first-order chi connectivity index (χ1) is 5.79. The van der Waals surface area contributed by atoms with E-state index in [2.05, 4.69) is 0 Å². The molecule has 0 amide bonds. The van der Waals surface area contributed by atoms with Crippen molar-refractivity contribution >= 4 is 0 Å². The Morgan fingerprint density at radius 1 is 1.50 bits per heavy atom. The lowest BCUT2D eigenvalue weighted by molar-refractivity contribution is 0.404. The van der Waals surface area contributed by atoms with Gasteiger partial charge in [0.2, 0.25) is 0 Å². The number of halogens is 1. The van der Waals surface area contributed by atoms with Gasteiger partial charge in [-0.3, -0.25) is 0 Å². The summed E-state index contributed by atoms with van der Waals surface area (Å²) in [5, 5.41) is 0. The van der Waals surface area contributed by atoms with E-state index in [1.807, 2.05) is 0 Å². The number of methoxy groups -OCH3 is 1. The smallest absolute Gasteiger partial charge is 0.130 e. The van der Waals surface area contributed by atoms with Crippen molar-refractivity contribution in [2.45, 2.75) is 6.42 Å². The molecule has 0 aliphatic heterocycles. The summed E-state index contributed by atoms with van der Waals surface area (Å²) in [6.45, 7) is 0.428. The Labute approximate surface area is 71.1 Å². The quantitative estimate of drug-likeness (QED) is 0.741. The first-order valence-corrected chi connectivity index (χ1v) is 3.81. The molecular weight excluding hydrogens is 157 g/mol. The summed E-state index contributed by atoms with van der Waals surface area (Å²) in [6.07, 6.45) is 0.510. The van der Waals surface area contributed by atoms with Crippen molar-refractivity contribution in [1.82, 2.24) is 0 Å². The van der Waals surface area contributed by atoms with Crippen LogP contribution < -0.4 is 10.5 Å². The summed E-state index contributed by atoms with van der Waals surface area (Å²) in [4.78, 5) is 0. The van der Waals surface area contributed by atoms with Crippen LogP contribution in [0.1, 0.15) is 5.56 Å². The molecule has 0 aliphatic carbocycles. The normalized spacial score (nSPS) is 9.92. The Morgan fingerprint density at radius 3 is 2.83 bits per heavy atom. The van der Waals surface area contributed by atoms with E-state index in [1.54, 1.807) is 12.1 Å². The summed E-state index contributed by atoms with van der Waals surface area (Å²) in [5.74, 6) is 0.320. The van der Waals surface area contributed by atoms with E-state index < -0.39 is 0 Å². The average molecular weight is 169 g/mol. The third-order valence-electron chi connectivity index (χ3n) is 1.69. The molecule has 0 bridgehead atoms. The summed E-state index contributed by atoms with van der Waals surface area (Å²) < 4.78 is 18.1. The standard InChI is InChI=1S/C9H12FNO/c1-12-9-4-2-3-8(10)7(9)5-6-11/h2-4H,5-6,11H2,1H3. The molecule has 2 N–H and O–H groups in total. The summed E-state index contributed by atoms with van der Waals surface area (Å²) >= 11 is 0. The van der Waals surface area contributed by atoms with E-state index in [-0.39, 0.29) is 5.82 Å². The van der Waals surface area contributed by atoms with Gasteiger partial charge >= 0.3 is 0 Å². The Morgan fingerprint density at radius 2 is 2.25 bits per heavy atom. The monoisotopic (exact) mass is 169 g/mol. The number of ether oxygens (including phenoxy) is 1. The highest BCUT2D eigenvalue weighted by Gasteiger charge is 2.06. The average Bonchev–Trinajstić information content (AvgIpc) is 2.09. The van der Waals surface area contributed by atoms with Crippen molar-refractivity contribution in [2.75, 3.05) is 13.7 Å². The van der Waals surface area contributed by atoms with Gasteiger partial charge in [0.1, 0.15) is 11.6 Å². The molecule has 0 aromatic heterocycles. The SMILES string of the molecule is COc1cccc(F)c1CCN. The van der Waals surface area contributed by atoms with Gasteiger partial charge in [0.05, 0.1) is 7.11 Å². The van der Waals surface area contributed by atoms with Crippen LogP contribution in [-0.2, 0) is 6.42 Å². The largest absolute Gasteiger partial charge is 0.496 e. The minimum absolute atomic E-state index is 0.250. The first-order valence-electron chi connectivity index (χ1n) is 3.81. The molecule has 66 valence electrons. The zero-order chi connectivity index (χ0) is 8.97. The zero-order valence-electron chi connectivity index (χ0n) is 7.01. The van der Waals surface area contributed by atoms with E-state index in [1.165, 1.54) is 13.2 Å². The molecule has 12 heavy (non-hydrogen) atoms. The Bertz CT molecular complexity index is 263. The van der Waals surface area contributed by atoms with E-state index >= 15 is 0 Å². The second kappa shape index (κ2) is 4.07. The maximum Gasteiger partial charge on any atom is 0.130 e. The third kappa shape index (κ3) is 1.74. The lowest BCUT2D eigenvalue weighted by Crippen LogP contribution is -2.06. The molecule has 1 aromatic carbocycles. The van der Waals surface area contributed by atoms with Gasteiger partial charge in [-0.25, -0.2) is 4.39 Å². The second-order valence-corrected chi connectivity index (χ2v) is 2.46. The molecule has 0 atom stereocenters. The van der Waals surface area contributed by atoms with Crippen molar-refractivity contribution in [3.63, 3.8) is 0 Å². The summed E-state index contributed by atoms with van der Waals surface area (Å²) in [7, 11) is 1.52. The molecule has 0 aliphatic rings. The highest BCUT2D eigenvalue weighted by Crippen LogP contribution is 2.20. The second-order valence-electron chi connectivity index (χ2n) is 2.46. The lowest BCUT2D eigenvalue weighted by atomic mass is 10.1. The minimum atomic E-state index is -0.250. The fraction of sp³-hybridized carbons (Fsp3) is 0.333. The molecular formula is C9H12FNO. The molecule has 0 unspecified atom stereocenters. The van der Waals surface area contributed by atoms with Gasteiger partial charge in [-0.05, 0) is 25.1 Å². The van der Waals surface area contributed by atoms with E-state index in [4.69, 9.17) is 10.5 Å². The molecule has 1 rings (SSSR count). The predicted molar refractivity (Wildman–Crippen MR) is 45.7 cm³/mol. The Kier molecular flexibility index (Phi) is 3.05. The first kappa shape index (κ1) is 9.00. The Balaban J connectivity index is 3.02. The maximum atomic E-state index is 13.1. The number of hydrogen-bond acceptors (Lipinski definition) is 2. The molecule has 2 nitrogen and oxygen atoms in total. The fourth-order valence-electron chi connectivity index (χ4n) is 1.12. The van der Waals surface area contributed by atoms with Gasteiger partial charge in [0.15, 0.2) is 0 Å². The van der Waals surface area contributed by atoms with Crippen LogP contribution in [0.4, 0.5) is 4.39 Å². The summed E-state index contributed by atoms with van der Waals surface area (Å²) in [6, 6.07) is 4.76. The molecule has 0 saturated carbocycles. The van der Waals surface area contributed by atoms with Crippen LogP contribution in [0.5, 0.6) is 5.75 Å².